The van der Waals surface area contributed by atoms with Crippen LogP contribution < -0.4 is 5.56 Å². The van der Waals surface area contributed by atoms with Crippen molar-refractivity contribution < 1.29 is 9.53 Å². The van der Waals surface area contributed by atoms with Crippen molar-refractivity contribution in [2.75, 3.05) is 0 Å². The Labute approximate surface area is 157 Å². The minimum atomic E-state index is -0.452. The Hall–Kier alpha value is -1.76. The van der Waals surface area contributed by atoms with Gasteiger partial charge in [-0.1, -0.05) is 32.9 Å². The second-order valence-electron chi connectivity index (χ2n) is 8.25. The fourth-order valence-electron chi connectivity index (χ4n) is 3.44. The van der Waals surface area contributed by atoms with Crippen molar-refractivity contribution in [3.8, 4) is 0 Å². The molecule has 0 fully saturated rings. The van der Waals surface area contributed by atoms with E-state index < -0.39 is 5.97 Å². The molecule has 7 heteroatoms. The Kier molecular flexibility index (Phi) is 5.19. The summed E-state index contributed by atoms with van der Waals surface area (Å²) in [4.78, 5) is 26.8. The maximum absolute atomic E-state index is 12.9. The summed E-state index contributed by atoms with van der Waals surface area (Å²) in [6, 6.07) is 0. The molecule has 26 heavy (non-hydrogen) atoms. The molecule has 0 spiro atoms. The van der Waals surface area contributed by atoms with Crippen LogP contribution in [0.2, 0.25) is 0 Å². The molecule has 2 aromatic heterocycles. The second-order valence-corrected chi connectivity index (χ2v) is 9.33. The fourth-order valence-corrected chi connectivity index (χ4v) is 4.67. The van der Waals surface area contributed by atoms with Crippen LogP contribution in [-0.4, -0.2) is 27.1 Å². The molecule has 0 saturated heterocycles. The van der Waals surface area contributed by atoms with Crippen molar-refractivity contribution in [2.45, 2.75) is 73.0 Å². The van der Waals surface area contributed by atoms with Gasteiger partial charge in [-0.3, -0.25) is 9.59 Å². The van der Waals surface area contributed by atoms with E-state index in [0.717, 1.165) is 35.9 Å². The largest absolute Gasteiger partial charge is 0.461 e. The van der Waals surface area contributed by atoms with E-state index in [1.54, 1.807) is 11.3 Å². The average molecular weight is 378 g/mol. The van der Waals surface area contributed by atoms with Gasteiger partial charge in [0.15, 0.2) is 4.83 Å². The zero-order chi connectivity index (χ0) is 19.1. The van der Waals surface area contributed by atoms with E-state index in [9.17, 15) is 9.59 Å². The molecular weight excluding hydrogens is 350 g/mol. The summed E-state index contributed by atoms with van der Waals surface area (Å²) >= 11 is 1.57. The first-order valence-corrected chi connectivity index (χ1v) is 10.1. The summed E-state index contributed by atoms with van der Waals surface area (Å²) in [6.07, 6.45) is 3.50. The van der Waals surface area contributed by atoms with E-state index in [1.807, 2.05) is 13.8 Å². The maximum atomic E-state index is 12.9. The molecule has 0 aromatic carbocycles. The minimum Gasteiger partial charge on any atom is -0.461 e. The van der Waals surface area contributed by atoms with Gasteiger partial charge in [-0.05, 0) is 49.5 Å². The first-order chi connectivity index (χ1) is 12.2. The summed E-state index contributed by atoms with van der Waals surface area (Å²) in [5.74, 6) is 0.149. The summed E-state index contributed by atoms with van der Waals surface area (Å²) in [5, 5.41) is 8.81. The summed E-state index contributed by atoms with van der Waals surface area (Å²) < 4.78 is 6.39. The normalized spacial score (nSPS) is 18.6. The third kappa shape index (κ3) is 3.68. The maximum Gasteiger partial charge on any atom is 0.328 e. The first kappa shape index (κ1) is 19.0. The van der Waals surface area contributed by atoms with E-state index in [0.29, 0.717) is 16.1 Å². The number of aryl methyl sites for hydroxylation is 1. The molecule has 2 atom stereocenters. The Morgan fingerprint density at radius 3 is 2.81 bits per heavy atom. The van der Waals surface area contributed by atoms with Crippen molar-refractivity contribution in [3.63, 3.8) is 0 Å². The van der Waals surface area contributed by atoms with Gasteiger partial charge < -0.3 is 4.74 Å². The highest BCUT2D eigenvalue weighted by Gasteiger charge is 2.32. The third-order valence-electron chi connectivity index (χ3n) is 5.35. The molecule has 6 nitrogen and oxygen atoms in total. The molecule has 2 heterocycles. The molecule has 3 rings (SSSR count). The standard InChI is InChI=1S/C19H27N3O3S/c1-6-11(2)25-15(23)10-22-18(24)16-13-8-7-12(19(3,4)5)9-14(13)26-17(16)20-21-22/h11-12H,6-10H2,1-5H3/t11-,12+/m0/s1. The lowest BCUT2D eigenvalue weighted by Gasteiger charge is -2.33. The van der Waals surface area contributed by atoms with Gasteiger partial charge in [0.1, 0.15) is 6.54 Å². The zero-order valence-electron chi connectivity index (χ0n) is 16.2. The van der Waals surface area contributed by atoms with Crippen molar-refractivity contribution in [3.05, 3.63) is 20.8 Å². The number of esters is 1. The lowest BCUT2D eigenvalue weighted by molar-refractivity contribution is -0.149. The Balaban J connectivity index is 1.91. The molecule has 0 aliphatic heterocycles. The first-order valence-electron chi connectivity index (χ1n) is 9.28. The van der Waals surface area contributed by atoms with Crippen LogP contribution in [0.5, 0.6) is 0 Å². The molecular formula is C19H27N3O3S. The number of carbonyl (C=O) groups is 1. The Morgan fingerprint density at radius 1 is 1.42 bits per heavy atom. The highest BCUT2D eigenvalue weighted by Crippen LogP contribution is 2.41. The second kappa shape index (κ2) is 7.10. The van der Waals surface area contributed by atoms with Gasteiger partial charge in [0.2, 0.25) is 0 Å². The van der Waals surface area contributed by atoms with Gasteiger partial charge >= 0.3 is 5.97 Å². The SMILES string of the molecule is CC[C@H](C)OC(=O)Cn1nnc2sc3c(c2c1=O)CC[C@@H](C(C)(C)C)C3. The molecule has 0 amide bonds. The molecule has 1 aliphatic carbocycles. The van der Waals surface area contributed by atoms with Crippen LogP contribution in [0.25, 0.3) is 10.2 Å². The van der Waals surface area contributed by atoms with Crippen LogP contribution in [0.15, 0.2) is 4.79 Å². The summed E-state index contributed by atoms with van der Waals surface area (Å²) in [5.41, 5.74) is 1.12. The van der Waals surface area contributed by atoms with E-state index in [1.165, 1.54) is 4.88 Å². The number of hydrogen-bond acceptors (Lipinski definition) is 6. The van der Waals surface area contributed by atoms with Crippen LogP contribution >= 0.6 is 11.3 Å². The quantitative estimate of drug-likeness (QED) is 0.764. The Morgan fingerprint density at radius 2 is 2.15 bits per heavy atom. The van der Waals surface area contributed by atoms with Gasteiger partial charge in [-0.25, -0.2) is 0 Å². The lowest BCUT2D eigenvalue weighted by atomic mass is 9.72. The minimum absolute atomic E-state index is 0.168. The van der Waals surface area contributed by atoms with Gasteiger partial charge in [-0.15, -0.1) is 16.4 Å². The smallest absolute Gasteiger partial charge is 0.328 e. The van der Waals surface area contributed by atoms with E-state index in [4.69, 9.17) is 4.74 Å². The number of thiophene rings is 1. The van der Waals surface area contributed by atoms with Crippen LogP contribution in [0.3, 0.4) is 0 Å². The highest BCUT2D eigenvalue weighted by molar-refractivity contribution is 7.18. The van der Waals surface area contributed by atoms with Crippen LogP contribution in [-0.2, 0) is 28.9 Å². The Bertz CT molecular complexity index is 879. The third-order valence-corrected chi connectivity index (χ3v) is 6.49. The molecule has 142 valence electrons. The monoisotopic (exact) mass is 377 g/mol. The van der Waals surface area contributed by atoms with Crippen molar-refractivity contribution >= 4 is 27.5 Å². The van der Waals surface area contributed by atoms with E-state index in [-0.39, 0.29) is 23.6 Å². The van der Waals surface area contributed by atoms with Crippen molar-refractivity contribution in [1.29, 1.82) is 0 Å². The van der Waals surface area contributed by atoms with E-state index in [2.05, 4.69) is 31.1 Å². The van der Waals surface area contributed by atoms with Gasteiger partial charge in [0, 0.05) is 4.88 Å². The molecule has 0 bridgehead atoms. The molecule has 1 aliphatic rings. The summed E-state index contributed by atoms with van der Waals surface area (Å²) in [6.45, 7) is 10.4. The average Bonchev–Trinajstić information content (AvgIpc) is 2.94. The van der Waals surface area contributed by atoms with E-state index >= 15 is 0 Å². The number of rotatable bonds is 4. The molecule has 0 radical (unpaired) electrons. The van der Waals surface area contributed by atoms with Crippen LogP contribution in [0.1, 0.15) is 57.9 Å². The number of aromatic nitrogens is 3. The topological polar surface area (TPSA) is 74.1 Å². The summed E-state index contributed by atoms with van der Waals surface area (Å²) in [7, 11) is 0. The zero-order valence-corrected chi connectivity index (χ0v) is 17.0. The van der Waals surface area contributed by atoms with Crippen LogP contribution in [0.4, 0.5) is 0 Å². The number of nitrogens with zero attached hydrogens (tertiary/aromatic N) is 3. The number of hydrogen-bond donors (Lipinski definition) is 0. The van der Waals surface area contributed by atoms with Gasteiger partial charge in [-0.2, -0.15) is 4.68 Å². The molecule has 2 aromatic rings. The van der Waals surface area contributed by atoms with Crippen LogP contribution in [0, 0.1) is 11.3 Å². The lowest BCUT2D eigenvalue weighted by Crippen LogP contribution is -2.30. The number of ether oxygens (including phenoxy) is 1. The fraction of sp³-hybridized carbons (Fsp3) is 0.684. The molecule has 0 unspecified atom stereocenters. The highest BCUT2D eigenvalue weighted by atomic mass is 32.1. The molecule has 0 saturated carbocycles. The predicted molar refractivity (Wildman–Crippen MR) is 102 cm³/mol. The predicted octanol–water partition coefficient (Wildman–Crippen LogP) is 3.35. The molecule has 0 N–H and O–H groups in total. The number of fused-ring (bicyclic) bond motifs is 3. The van der Waals surface area contributed by atoms with Gasteiger partial charge in [0.05, 0.1) is 11.5 Å². The van der Waals surface area contributed by atoms with Crippen molar-refractivity contribution in [1.82, 2.24) is 15.0 Å². The number of carbonyl (C=O) groups excluding carboxylic acids is 1. The van der Waals surface area contributed by atoms with Crippen molar-refractivity contribution in [2.24, 2.45) is 11.3 Å². The van der Waals surface area contributed by atoms with Gasteiger partial charge in [0.25, 0.3) is 5.56 Å².